The molecule has 0 unspecified atom stereocenters. The van der Waals surface area contributed by atoms with Crippen LogP contribution in [0.15, 0.2) is 22.7 Å². The van der Waals surface area contributed by atoms with Gasteiger partial charge in [0.2, 0.25) is 0 Å². The summed E-state index contributed by atoms with van der Waals surface area (Å²) >= 11 is 3.15. The van der Waals surface area contributed by atoms with Crippen molar-refractivity contribution >= 4 is 15.9 Å². The van der Waals surface area contributed by atoms with Gasteiger partial charge < -0.3 is 0 Å². The Balaban J connectivity index is 3.03. The zero-order valence-electron chi connectivity index (χ0n) is 3.99. The molecule has 0 aromatic heterocycles. The van der Waals surface area contributed by atoms with Crippen LogP contribution in [0.4, 0.5) is 4.39 Å². The Morgan fingerprint density at radius 3 is 2.62 bits per heavy atom. The molecule has 41 valence electrons. The molecule has 0 aliphatic rings. The van der Waals surface area contributed by atoms with E-state index >= 15 is 0 Å². The van der Waals surface area contributed by atoms with Crippen molar-refractivity contribution in [3.63, 3.8) is 0 Å². The molecule has 0 saturated heterocycles. The van der Waals surface area contributed by atoms with Crippen LogP contribution in [-0.4, -0.2) is 0 Å². The summed E-state index contributed by atoms with van der Waals surface area (Å²) in [6.07, 6.45) is 0. The first kappa shape index (κ1) is 5.76. The highest BCUT2D eigenvalue weighted by molar-refractivity contribution is 9.10. The Hall–Kier alpha value is -0.370. The minimum Gasteiger partial charge on any atom is -0.206 e. The smallest absolute Gasteiger partial charge is 0.131 e. The summed E-state index contributed by atoms with van der Waals surface area (Å²) < 4.78 is 12.9. The van der Waals surface area contributed by atoms with Crippen molar-refractivity contribution in [3.8, 4) is 0 Å². The summed E-state index contributed by atoms with van der Waals surface area (Å²) in [4.78, 5) is 0. The maximum absolute atomic E-state index is 12.0. The normalized spacial score (nSPS) is 9.25. The molecule has 1 radical (unpaired) electrons. The van der Waals surface area contributed by atoms with Gasteiger partial charge in [0.1, 0.15) is 5.82 Å². The lowest BCUT2D eigenvalue weighted by Crippen LogP contribution is -1.68. The van der Waals surface area contributed by atoms with Crippen LogP contribution in [0.3, 0.4) is 0 Å². The van der Waals surface area contributed by atoms with Gasteiger partial charge in [0, 0.05) is 10.5 Å². The molecule has 0 fully saturated rings. The molecule has 1 rings (SSSR count). The molecular formula is C6H3BrF. The number of halogens is 2. The second-order valence-electron chi connectivity index (χ2n) is 1.35. The van der Waals surface area contributed by atoms with Gasteiger partial charge in [-0.05, 0) is 18.2 Å². The first-order valence-electron chi connectivity index (χ1n) is 2.12. The van der Waals surface area contributed by atoms with E-state index in [1.165, 1.54) is 12.1 Å². The van der Waals surface area contributed by atoms with Crippen molar-refractivity contribution in [2.45, 2.75) is 0 Å². The lowest BCUT2D eigenvalue weighted by molar-refractivity contribution is 0.625. The van der Waals surface area contributed by atoms with Crippen LogP contribution in [0, 0.1) is 11.9 Å². The van der Waals surface area contributed by atoms with Gasteiger partial charge in [-0.2, -0.15) is 0 Å². The maximum atomic E-state index is 12.0. The van der Waals surface area contributed by atoms with Gasteiger partial charge in [0.25, 0.3) is 0 Å². The van der Waals surface area contributed by atoms with Crippen LogP contribution in [0.5, 0.6) is 0 Å². The standard InChI is InChI=1S/C6H3BrF/c7-5-1-3-6(8)4-2-5/h1-3H. The van der Waals surface area contributed by atoms with E-state index in [0.717, 1.165) is 4.47 Å². The van der Waals surface area contributed by atoms with Crippen molar-refractivity contribution < 1.29 is 4.39 Å². The van der Waals surface area contributed by atoms with Gasteiger partial charge in [-0.15, -0.1) is 0 Å². The Labute approximate surface area is 55.5 Å². The highest BCUT2D eigenvalue weighted by Gasteiger charge is 1.85. The molecule has 0 N–H and O–H groups in total. The minimum atomic E-state index is -0.326. The second-order valence-corrected chi connectivity index (χ2v) is 2.27. The fourth-order valence-electron chi connectivity index (χ4n) is 0.387. The van der Waals surface area contributed by atoms with E-state index in [2.05, 4.69) is 22.0 Å². The average molecular weight is 174 g/mol. The quantitative estimate of drug-likeness (QED) is 0.566. The van der Waals surface area contributed by atoms with Crippen molar-refractivity contribution in [3.05, 3.63) is 34.6 Å². The van der Waals surface area contributed by atoms with Crippen molar-refractivity contribution in [2.24, 2.45) is 0 Å². The van der Waals surface area contributed by atoms with Gasteiger partial charge in [-0.25, -0.2) is 4.39 Å². The predicted molar refractivity (Wildman–Crippen MR) is 32.9 cm³/mol. The van der Waals surface area contributed by atoms with Crippen molar-refractivity contribution in [1.29, 1.82) is 0 Å². The number of hydrogen-bond donors (Lipinski definition) is 0. The fraction of sp³-hybridized carbons (Fsp3) is 0. The molecule has 2 heteroatoms. The third kappa shape index (κ3) is 1.30. The third-order valence-corrected chi connectivity index (χ3v) is 1.23. The van der Waals surface area contributed by atoms with Gasteiger partial charge >= 0.3 is 0 Å². The molecule has 0 saturated carbocycles. The molecule has 0 aliphatic carbocycles. The molecule has 0 amide bonds. The molecule has 0 nitrogen and oxygen atoms in total. The van der Waals surface area contributed by atoms with E-state index in [4.69, 9.17) is 0 Å². The molecule has 0 bridgehead atoms. The molecule has 1 aromatic rings. The van der Waals surface area contributed by atoms with Crippen LogP contribution in [0.25, 0.3) is 0 Å². The summed E-state index contributed by atoms with van der Waals surface area (Å²) in [6, 6.07) is 6.91. The summed E-state index contributed by atoms with van der Waals surface area (Å²) in [5.41, 5.74) is 0. The number of benzene rings is 1. The third-order valence-electron chi connectivity index (χ3n) is 0.737. The highest BCUT2D eigenvalue weighted by Crippen LogP contribution is 2.07. The Kier molecular flexibility index (Phi) is 1.63. The van der Waals surface area contributed by atoms with E-state index in [1.54, 1.807) is 6.07 Å². The topological polar surface area (TPSA) is 0 Å². The largest absolute Gasteiger partial charge is 0.206 e. The van der Waals surface area contributed by atoms with E-state index < -0.39 is 0 Å². The zero-order valence-corrected chi connectivity index (χ0v) is 5.57. The highest BCUT2D eigenvalue weighted by atomic mass is 79.9. The van der Waals surface area contributed by atoms with Gasteiger partial charge in [-0.1, -0.05) is 15.9 Å². The minimum absolute atomic E-state index is 0.326. The molecule has 0 atom stereocenters. The molecule has 0 heterocycles. The fourth-order valence-corrected chi connectivity index (χ4v) is 0.634. The second kappa shape index (κ2) is 2.27. The maximum Gasteiger partial charge on any atom is 0.131 e. The summed E-state index contributed by atoms with van der Waals surface area (Å²) in [6.45, 7) is 0. The first-order valence-corrected chi connectivity index (χ1v) is 2.91. The summed E-state index contributed by atoms with van der Waals surface area (Å²) in [5, 5.41) is 0. The van der Waals surface area contributed by atoms with Gasteiger partial charge in [0.05, 0.1) is 0 Å². The summed E-state index contributed by atoms with van der Waals surface area (Å²) in [5.74, 6) is -0.326. The van der Waals surface area contributed by atoms with Crippen LogP contribution >= 0.6 is 15.9 Å². The average Bonchev–Trinajstić information content (AvgIpc) is 1.77. The number of hydrogen-bond acceptors (Lipinski definition) is 0. The van der Waals surface area contributed by atoms with E-state index in [-0.39, 0.29) is 5.82 Å². The van der Waals surface area contributed by atoms with E-state index in [0.29, 0.717) is 0 Å². The molecule has 8 heavy (non-hydrogen) atoms. The van der Waals surface area contributed by atoms with Crippen molar-refractivity contribution in [2.75, 3.05) is 0 Å². The van der Waals surface area contributed by atoms with Crippen LogP contribution in [-0.2, 0) is 0 Å². The Morgan fingerprint density at radius 1 is 1.50 bits per heavy atom. The van der Waals surface area contributed by atoms with Gasteiger partial charge in [0.15, 0.2) is 0 Å². The van der Waals surface area contributed by atoms with E-state index in [1.807, 2.05) is 0 Å². The van der Waals surface area contributed by atoms with Gasteiger partial charge in [-0.3, -0.25) is 0 Å². The van der Waals surface area contributed by atoms with Crippen molar-refractivity contribution in [1.82, 2.24) is 0 Å². The lowest BCUT2D eigenvalue weighted by atomic mass is 10.4. The van der Waals surface area contributed by atoms with Crippen LogP contribution in [0.2, 0.25) is 0 Å². The molecular weight excluding hydrogens is 171 g/mol. The molecule has 0 spiro atoms. The molecule has 0 aliphatic heterocycles. The molecule has 1 aromatic carbocycles. The Bertz CT molecular complexity index is 147. The SMILES string of the molecule is Fc1[c]cc(Br)cc1. The Morgan fingerprint density at radius 2 is 2.25 bits per heavy atom. The van der Waals surface area contributed by atoms with Crippen LogP contribution in [0.1, 0.15) is 0 Å². The lowest BCUT2D eigenvalue weighted by Gasteiger charge is -1.84. The zero-order chi connectivity index (χ0) is 5.98. The van der Waals surface area contributed by atoms with Crippen LogP contribution < -0.4 is 0 Å². The van der Waals surface area contributed by atoms with E-state index in [9.17, 15) is 4.39 Å². The summed E-state index contributed by atoms with van der Waals surface area (Å²) in [7, 11) is 0. The first-order chi connectivity index (χ1) is 3.79. The number of rotatable bonds is 0. The predicted octanol–water partition coefficient (Wildman–Crippen LogP) is 2.39. The monoisotopic (exact) mass is 173 g/mol.